The molecule has 1 aliphatic heterocycles. The van der Waals surface area contributed by atoms with Crippen LogP contribution in [0.2, 0.25) is 0 Å². The molecule has 2 aromatic heterocycles. The highest BCUT2D eigenvalue weighted by Crippen LogP contribution is 2.22. The van der Waals surface area contributed by atoms with Crippen molar-refractivity contribution in [3.63, 3.8) is 0 Å². The first-order valence-corrected chi connectivity index (χ1v) is 9.56. The summed E-state index contributed by atoms with van der Waals surface area (Å²) in [6.45, 7) is 2.12. The van der Waals surface area contributed by atoms with E-state index in [2.05, 4.69) is 15.3 Å². The second-order valence-corrected chi connectivity index (χ2v) is 6.70. The number of pyridine rings is 2. The number of methoxy groups -OCH3 is 1. The quantitative estimate of drug-likeness (QED) is 0.633. The summed E-state index contributed by atoms with van der Waals surface area (Å²) in [6, 6.07) is 16.4. The number of carbonyl (C=O) groups is 2. The molecule has 0 bridgehead atoms. The number of carbonyl (C=O) groups excluding carboxylic acids is 2. The van der Waals surface area contributed by atoms with E-state index in [-0.39, 0.29) is 18.4 Å². The van der Waals surface area contributed by atoms with Gasteiger partial charge in [0.25, 0.3) is 11.8 Å². The van der Waals surface area contributed by atoms with Gasteiger partial charge >= 0.3 is 0 Å². The van der Waals surface area contributed by atoms with Crippen molar-refractivity contribution in [1.29, 1.82) is 0 Å². The van der Waals surface area contributed by atoms with Gasteiger partial charge in [-0.2, -0.15) is 0 Å². The van der Waals surface area contributed by atoms with Crippen LogP contribution in [0.4, 0.5) is 0 Å². The minimum Gasteiger partial charge on any atom is -0.497 e. The maximum absolute atomic E-state index is 10.9. The second kappa shape index (κ2) is 9.76. The van der Waals surface area contributed by atoms with Crippen LogP contribution in [0.1, 0.15) is 38.5 Å². The number of aliphatic hydroxyl groups excluding tert-OH is 1. The van der Waals surface area contributed by atoms with E-state index in [1.54, 1.807) is 31.4 Å². The number of rotatable bonds is 5. The number of aliphatic hydroxyl groups is 1. The zero-order valence-electron chi connectivity index (χ0n) is 16.9. The fourth-order valence-corrected chi connectivity index (χ4v) is 3.02. The van der Waals surface area contributed by atoms with E-state index in [1.807, 2.05) is 37.3 Å². The molecule has 3 heterocycles. The van der Waals surface area contributed by atoms with Gasteiger partial charge in [0.2, 0.25) is 0 Å². The highest BCUT2D eigenvalue weighted by atomic mass is 16.5. The summed E-state index contributed by atoms with van der Waals surface area (Å²) in [4.78, 5) is 30.9. The van der Waals surface area contributed by atoms with Crippen LogP contribution in [0, 0.1) is 6.92 Å². The summed E-state index contributed by atoms with van der Waals surface area (Å²) in [5.74, 6) is 0.182. The zero-order chi connectivity index (χ0) is 21.5. The Hall–Kier alpha value is -3.58. The number of amides is 2. The van der Waals surface area contributed by atoms with Gasteiger partial charge < -0.3 is 9.84 Å². The first-order chi connectivity index (χ1) is 14.5. The molecular formula is C23H23N3O4. The Balaban J connectivity index is 0.000000196. The van der Waals surface area contributed by atoms with Crippen LogP contribution in [0.3, 0.4) is 0 Å². The summed E-state index contributed by atoms with van der Waals surface area (Å²) in [6.07, 6.45) is 1.49. The predicted molar refractivity (Wildman–Crippen MR) is 112 cm³/mol. The van der Waals surface area contributed by atoms with Crippen LogP contribution < -0.4 is 10.1 Å². The summed E-state index contributed by atoms with van der Waals surface area (Å²) < 4.78 is 5.25. The molecule has 154 valence electrons. The highest BCUT2D eigenvalue weighted by molar-refractivity contribution is 6.21. The van der Waals surface area contributed by atoms with E-state index in [1.165, 1.54) is 0 Å². The lowest BCUT2D eigenvalue weighted by Crippen LogP contribution is -2.19. The molecule has 0 aliphatic carbocycles. The maximum atomic E-state index is 10.9. The van der Waals surface area contributed by atoms with Gasteiger partial charge in [-0.1, -0.05) is 18.2 Å². The van der Waals surface area contributed by atoms with E-state index in [4.69, 9.17) is 9.84 Å². The number of fused-ring (bicyclic) bond motifs is 1. The van der Waals surface area contributed by atoms with Crippen LogP contribution in [-0.4, -0.2) is 40.6 Å². The first kappa shape index (κ1) is 21.1. The molecule has 1 aliphatic rings. The Morgan fingerprint density at radius 2 is 1.63 bits per heavy atom. The van der Waals surface area contributed by atoms with E-state index < -0.39 is 0 Å². The number of imide groups is 1. The maximum Gasteiger partial charge on any atom is 0.258 e. The Bertz CT molecular complexity index is 1030. The summed E-state index contributed by atoms with van der Waals surface area (Å²) in [5, 5.41) is 11.1. The number of nitrogens with zero attached hydrogens (tertiary/aromatic N) is 2. The molecule has 0 unspecified atom stereocenters. The summed E-state index contributed by atoms with van der Waals surface area (Å²) >= 11 is 0. The molecule has 0 saturated heterocycles. The van der Waals surface area contributed by atoms with Gasteiger partial charge in [-0.25, -0.2) is 0 Å². The van der Waals surface area contributed by atoms with Crippen LogP contribution in [0.15, 0.2) is 54.6 Å². The van der Waals surface area contributed by atoms with Gasteiger partial charge in [0.05, 0.1) is 29.6 Å². The second-order valence-electron chi connectivity index (χ2n) is 6.70. The lowest BCUT2D eigenvalue weighted by Gasteiger charge is -2.07. The van der Waals surface area contributed by atoms with Gasteiger partial charge in [0.15, 0.2) is 0 Å². The van der Waals surface area contributed by atoms with Gasteiger partial charge in [0.1, 0.15) is 5.75 Å². The molecule has 7 nitrogen and oxygen atoms in total. The molecule has 2 N–H and O–H groups in total. The van der Waals surface area contributed by atoms with Crippen LogP contribution in [0.5, 0.6) is 5.75 Å². The SMILES string of the molecule is COc1cc(C)nc(-c2cccc(CCCO)n2)c1.O=C1NC(=O)c2ccccc21. The molecule has 0 spiro atoms. The van der Waals surface area contributed by atoms with Crippen molar-refractivity contribution in [3.05, 3.63) is 77.1 Å². The van der Waals surface area contributed by atoms with Crippen molar-refractivity contribution in [2.75, 3.05) is 13.7 Å². The van der Waals surface area contributed by atoms with E-state index in [9.17, 15) is 9.59 Å². The molecule has 30 heavy (non-hydrogen) atoms. The van der Waals surface area contributed by atoms with E-state index >= 15 is 0 Å². The monoisotopic (exact) mass is 405 g/mol. The largest absolute Gasteiger partial charge is 0.497 e. The van der Waals surface area contributed by atoms with Crippen LogP contribution >= 0.6 is 0 Å². The average molecular weight is 405 g/mol. The molecule has 2 amide bonds. The van der Waals surface area contributed by atoms with Crippen molar-refractivity contribution in [1.82, 2.24) is 15.3 Å². The fourth-order valence-electron chi connectivity index (χ4n) is 3.02. The van der Waals surface area contributed by atoms with Crippen LogP contribution in [-0.2, 0) is 6.42 Å². The Morgan fingerprint density at radius 3 is 2.27 bits per heavy atom. The number of ether oxygens (including phenoxy) is 1. The predicted octanol–water partition coefficient (Wildman–Crippen LogP) is 2.96. The first-order valence-electron chi connectivity index (χ1n) is 9.56. The van der Waals surface area contributed by atoms with Crippen molar-refractivity contribution >= 4 is 11.8 Å². The van der Waals surface area contributed by atoms with Gasteiger partial charge in [-0.3, -0.25) is 24.9 Å². The Labute approximate surface area is 174 Å². The van der Waals surface area contributed by atoms with Gasteiger partial charge in [0, 0.05) is 30.1 Å². The molecule has 3 aromatic rings. The molecule has 0 saturated carbocycles. The zero-order valence-corrected chi connectivity index (χ0v) is 16.9. The summed E-state index contributed by atoms with van der Waals surface area (Å²) in [7, 11) is 1.64. The van der Waals surface area contributed by atoms with Crippen molar-refractivity contribution < 1.29 is 19.4 Å². The van der Waals surface area contributed by atoms with Crippen molar-refractivity contribution in [3.8, 4) is 17.1 Å². The third kappa shape index (κ3) is 5.07. The van der Waals surface area contributed by atoms with Crippen molar-refractivity contribution in [2.45, 2.75) is 19.8 Å². The standard InChI is InChI=1S/C15H18N2O2.C8H5NO2/c1-11-9-13(19-2)10-15(16-11)14-7-3-5-12(17-14)6-4-8-18;10-7-5-3-1-2-4-6(5)8(11)9-7/h3,5,7,9-10,18H,4,6,8H2,1-2H3;1-4H,(H,9,10,11). The van der Waals surface area contributed by atoms with Gasteiger partial charge in [-0.05, 0) is 44.0 Å². The van der Waals surface area contributed by atoms with Gasteiger partial charge in [-0.15, -0.1) is 0 Å². The number of hydrogen-bond acceptors (Lipinski definition) is 6. The Kier molecular flexibility index (Phi) is 6.87. The fraction of sp³-hybridized carbons (Fsp3) is 0.217. The topological polar surface area (TPSA) is 101 Å². The molecule has 0 atom stereocenters. The van der Waals surface area contributed by atoms with E-state index in [0.717, 1.165) is 41.4 Å². The summed E-state index contributed by atoms with van der Waals surface area (Å²) in [5.41, 5.74) is 4.45. The lowest BCUT2D eigenvalue weighted by molar-refractivity contribution is 0.0879. The molecule has 7 heteroatoms. The molecule has 0 radical (unpaired) electrons. The lowest BCUT2D eigenvalue weighted by atomic mass is 10.1. The minimum atomic E-state index is -0.300. The molecule has 0 fully saturated rings. The van der Waals surface area contributed by atoms with Crippen molar-refractivity contribution in [2.24, 2.45) is 0 Å². The number of benzene rings is 1. The number of aryl methyl sites for hydroxylation is 2. The average Bonchev–Trinajstić information content (AvgIpc) is 3.06. The molecular weight excluding hydrogens is 382 g/mol. The highest BCUT2D eigenvalue weighted by Gasteiger charge is 2.25. The number of aromatic nitrogens is 2. The minimum absolute atomic E-state index is 0.183. The Morgan fingerprint density at radius 1 is 0.933 bits per heavy atom. The number of hydrogen-bond donors (Lipinski definition) is 2. The van der Waals surface area contributed by atoms with E-state index in [0.29, 0.717) is 11.1 Å². The normalized spacial score (nSPS) is 12.0. The third-order valence-corrected chi connectivity index (χ3v) is 4.47. The smallest absolute Gasteiger partial charge is 0.258 e. The molecule has 4 rings (SSSR count). The molecule has 1 aromatic carbocycles. The number of nitrogens with one attached hydrogen (secondary N) is 1. The van der Waals surface area contributed by atoms with Crippen LogP contribution in [0.25, 0.3) is 11.4 Å². The third-order valence-electron chi connectivity index (χ3n) is 4.47.